The molecule has 0 radical (unpaired) electrons. The first-order chi connectivity index (χ1) is 12.1. The van der Waals surface area contributed by atoms with Crippen molar-refractivity contribution in [3.63, 3.8) is 0 Å². The van der Waals surface area contributed by atoms with Crippen molar-refractivity contribution >= 4 is 40.9 Å². The molecule has 2 atom stereocenters. The summed E-state index contributed by atoms with van der Waals surface area (Å²) in [5, 5.41) is 6.04. The number of carbonyl (C=O) groups is 2. The van der Waals surface area contributed by atoms with Crippen molar-refractivity contribution in [2.75, 3.05) is 11.9 Å². The molecule has 0 aromatic heterocycles. The van der Waals surface area contributed by atoms with Gasteiger partial charge in [-0.15, -0.1) is 11.8 Å². The highest BCUT2D eigenvalue weighted by Crippen LogP contribution is 2.38. The number of nitrogens with two attached hydrogens (primary N) is 1. The monoisotopic (exact) mass is 381 g/mol. The number of amides is 2. The third-order valence-electron chi connectivity index (χ3n) is 4.95. The summed E-state index contributed by atoms with van der Waals surface area (Å²) >= 11 is 7.37. The lowest BCUT2D eigenvalue weighted by Crippen LogP contribution is -2.47. The molecule has 1 heterocycles. The van der Waals surface area contributed by atoms with Crippen LogP contribution in [0.15, 0.2) is 23.1 Å². The normalized spacial score (nSPS) is 22.0. The lowest BCUT2D eigenvalue weighted by molar-refractivity contribution is -0.124. The van der Waals surface area contributed by atoms with Crippen LogP contribution in [0.2, 0.25) is 5.02 Å². The van der Waals surface area contributed by atoms with E-state index in [9.17, 15) is 9.59 Å². The van der Waals surface area contributed by atoms with Crippen LogP contribution in [0.5, 0.6) is 0 Å². The van der Waals surface area contributed by atoms with E-state index in [0.29, 0.717) is 23.2 Å². The van der Waals surface area contributed by atoms with Crippen LogP contribution < -0.4 is 16.4 Å². The fourth-order valence-corrected chi connectivity index (χ4v) is 4.86. The molecule has 1 aromatic carbocycles. The quantitative estimate of drug-likeness (QED) is 0.731. The number of anilines is 1. The van der Waals surface area contributed by atoms with Gasteiger partial charge in [0.25, 0.3) is 0 Å². The average molecular weight is 382 g/mol. The molecule has 1 aromatic rings. The van der Waals surface area contributed by atoms with Crippen LogP contribution in [0.1, 0.15) is 38.5 Å². The second kappa shape index (κ2) is 8.43. The van der Waals surface area contributed by atoms with E-state index in [4.69, 9.17) is 17.3 Å². The zero-order valence-corrected chi connectivity index (χ0v) is 15.7. The van der Waals surface area contributed by atoms with Crippen molar-refractivity contribution in [1.82, 2.24) is 5.32 Å². The van der Waals surface area contributed by atoms with Gasteiger partial charge in [-0.1, -0.05) is 30.9 Å². The van der Waals surface area contributed by atoms with Crippen molar-refractivity contribution in [3.05, 3.63) is 23.2 Å². The fraction of sp³-hybridized carbons (Fsp3) is 0.556. The lowest BCUT2D eigenvalue weighted by Gasteiger charge is -2.31. The third-order valence-corrected chi connectivity index (χ3v) is 6.46. The van der Waals surface area contributed by atoms with Gasteiger partial charge in [-0.2, -0.15) is 0 Å². The second-order valence-corrected chi connectivity index (χ2v) is 8.43. The molecule has 0 bridgehead atoms. The Morgan fingerprint density at radius 1 is 1.36 bits per heavy atom. The molecule has 2 unspecified atom stereocenters. The average Bonchev–Trinajstić information content (AvgIpc) is 2.61. The molecule has 0 saturated heterocycles. The highest BCUT2D eigenvalue weighted by Gasteiger charge is 2.31. The number of thioether (sulfide) groups is 1. The van der Waals surface area contributed by atoms with Gasteiger partial charge in [0, 0.05) is 28.9 Å². The Kier molecular flexibility index (Phi) is 6.25. The molecule has 0 spiro atoms. The zero-order valence-electron chi connectivity index (χ0n) is 14.1. The molecule has 3 rings (SSSR count). The van der Waals surface area contributed by atoms with Crippen LogP contribution in [0.4, 0.5) is 5.69 Å². The van der Waals surface area contributed by atoms with Gasteiger partial charge in [-0.25, -0.2) is 0 Å². The number of fused-ring (bicyclic) bond motifs is 1. The van der Waals surface area contributed by atoms with Crippen LogP contribution in [-0.4, -0.2) is 29.7 Å². The van der Waals surface area contributed by atoms with Crippen LogP contribution in [0.25, 0.3) is 0 Å². The van der Waals surface area contributed by atoms with E-state index in [0.717, 1.165) is 17.7 Å². The summed E-state index contributed by atoms with van der Waals surface area (Å²) in [7, 11) is 0. The zero-order chi connectivity index (χ0) is 17.8. The minimum atomic E-state index is -0.432. The largest absolute Gasteiger partial charge is 0.352 e. The number of hydrogen-bond acceptors (Lipinski definition) is 4. The number of benzene rings is 1. The summed E-state index contributed by atoms with van der Waals surface area (Å²) in [6.45, 7) is 0.446. The second-order valence-electron chi connectivity index (χ2n) is 6.75. The Hall–Kier alpha value is -1.24. The molecule has 7 heteroatoms. The van der Waals surface area contributed by atoms with Gasteiger partial charge < -0.3 is 16.4 Å². The van der Waals surface area contributed by atoms with Gasteiger partial charge in [0.15, 0.2) is 0 Å². The van der Waals surface area contributed by atoms with Crippen LogP contribution in [0, 0.1) is 5.92 Å². The van der Waals surface area contributed by atoms with Crippen LogP contribution >= 0.6 is 23.4 Å². The number of halogens is 1. The molecule has 1 fully saturated rings. The predicted molar refractivity (Wildman–Crippen MR) is 102 cm³/mol. The Morgan fingerprint density at radius 2 is 2.12 bits per heavy atom. The summed E-state index contributed by atoms with van der Waals surface area (Å²) in [4.78, 5) is 25.7. The minimum Gasteiger partial charge on any atom is -0.352 e. The Balaban J connectivity index is 1.58. The van der Waals surface area contributed by atoms with Crippen molar-refractivity contribution < 1.29 is 9.59 Å². The lowest BCUT2D eigenvalue weighted by atomic mass is 9.84. The van der Waals surface area contributed by atoms with Crippen LogP contribution in [0.3, 0.4) is 0 Å². The first kappa shape index (κ1) is 18.5. The van der Waals surface area contributed by atoms with Crippen molar-refractivity contribution in [2.45, 2.75) is 54.7 Å². The summed E-state index contributed by atoms with van der Waals surface area (Å²) in [6, 6.07) is 5.40. The Labute approximate surface area is 157 Å². The topological polar surface area (TPSA) is 84.2 Å². The first-order valence-corrected chi connectivity index (χ1v) is 10.1. The number of nitrogens with one attached hydrogen (secondary N) is 2. The van der Waals surface area contributed by atoms with E-state index in [1.165, 1.54) is 31.0 Å². The van der Waals surface area contributed by atoms with Gasteiger partial charge in [0.05, 0.1) is 10.9 Å². The molecule has 5 nitrogen and oxygen atoms in total. The molecule has 136 valence electrons. The summed E-state index contributed by atoms with van der Waals surface area (Å²) in [5.41, 5.74) is 6.59. The Morgan fingerprint density at radius 3 is 2.84 bits per heavy atom. The third kappa shape index (κ3) is 4.68. The van der Waals surface area contributed by atoms with Gasteiger partial charge in [-0.3, -0.25) is 9.59 Å². The predicted octanol–water partition coefficient (Wildman–Crippen LogP) is 3.17. The number of hydrogen-bond donors (Lipinski definition) is 3. The summed E-state index contributed by atoms with van der Waals surface area (Å²) in [6.07, 6.45) is 6.07. The van der Waals surface area contributed by atoms with E-state index in [1.54, 1.807) is 12.1 Å². The maximum Gasteiger partial charge on any atom is 0.238 e. The first-order valence-electron chi connectivity index (χ1n) is 8.83. The molecule has 1 aliphatic heterocycles. The molecule has 2 amide bonds. The van der Waals surface area contributed by atoms with Gasteiger partial charge >= 0.3 is 0 Å². The van der Waals surface area contributed by atoms with Gasteiger partial charge in [0.2, 0.25) is 11.8 Å². The van der Waals surface area contributed by atoms with Crippen molar-refractivity contribution in [2.24, 2.45) is 11.7 Å². The molecule has 2 aliphatic rings. The van der Waals surface area contributed by atoms with E-state index in [2.05, 4.69) is 10.6 Å². The van der Waals surface area contributed by atoms with E-state index < -0.39 is 5.25 Å². The maximum absolute atomic E-state index is 12.5. The van der Waals surface area contributed by atoms with Gasteiger partial charge in [-0.05, 0) is 37.0 Å². The number of rotatable bonds is 5. The molecule has 1 saturated carbocycles. The van der Waals surface area contributed by atoms with Crippen LogP contribution in [-0.2, 0) is 9.59 Å². The molecular weight excluding hydrogens is 358 g/mol. The highest BCUT2D eigenvalue weighted by molar-refractivity contribution is 8.01. The summed E-state index contributed by atoms with van der Waals surface area (Å²) < 4.78 is 0. The Bertz CT molecular complexity index is 649. The minimum absolute atomic E-state index is 0.00976. The summed E-state index contributed by atoms with van der Waals surface area (Å²) in [5.74, 6) is 0.196. The number of carbonyl (C=O) groups excluding carboxylic acids is 2. The highest BCUT2D eigenvalue weighted by atomic mass is 35.5. The van der Waals surface area contributed by atoms with E-state index in [1.807, 2.05) is 6.07 Å². The van der Waals surface area contributed by atoms with E-state index >= 15 is 0 Å². The fourth-order valence-electron chi connectivity index (χ4n) is 3.60. The SMILES string of the molecule is NCC(NC(=O)CC1Sc2ccc(Cl)cc2NC1=O)C1CCCCC1. The van der Waals surface area contributed by atoms with Crippen molar-refractivity contribution in [1.29, 1.82) is 0 Å². The smallest absolute Gasteiger partial charge is 0.238 e. The van der Waals surface area contributed by atoms with E-state index in [-0.39, 0.29) is 24.3 Å². The van der Waals surface area contributed by atoms with Gasteiger partial charge in [0.1, 0.15) is 0 Å². The van der Waals surface area contributed by atoms with Crippen molar-refractivity contribution in [3.8, 4) is 0 Å². The maximum atomic E-state index is 12.5. The molecule has 25 heavy (non-hydrogen) atoms. The standard InChI is InChI=1S/C18H24ClN3O2S/c19-12-6-7-15-13(8-12)22-18(24)16(25-15)9-17(23)21-14(10-20)11-4-2-1-3-5-11/h6-8,11,14,16H,1-5,9-10,20H2,(H,21,23)(H,22,24). The molecule has 1 aliphatic carbocycles. The molecular formula is C18H24ClN3O2S. The molecule has 4 N–H and O–H groups in total.